The van der Waals surface area contributed by atoms with Crippen LogP contribution in [0.25, 0.3) is 0 Å². The van der Waals surface area contributed by atoms with Crippen molar-refractivity contribution in [3.8, 4) is 11.5 Å². The average molecular weight is 341 g/mol. The van der Waals surface area contributed by atoms with Gasteiger partial charge in [-0.3, -0.25) is 4.79 Å². The summed E-state index contributed by atoms with van der Waals surface area (Å²) in [5.41, 5.74) is 0.886. The van der Waals surface area contributed by atoms with Gasteiger partial charge in [0.2, 0.25) is 0 Å². The minimum atomic E-state index is -0.412. The number of pyridine rings is 1. The number of ether oxygens (including phenoxy) is 2. The predicted octanol–water partition coefficient (Wildman–Crippen LogP) is 3.34. The molecular formula is C15H14Cl2N2O3. The standard InChI is InChI=1S/C15H14Cl2N2O3/c1-21-10-4-3-9(12(7-10)22-2)8-18-15(20)14-11(16)5-6-13(17)19-14/h3-7H,8H2,1-2H3,(H,18,20). The lowest BCUT2D eigenvalue weighted by molar-refractivity contribution is 0.0946. The minimum absolute atomic E-state index is 0.0849. The smallest absolute Gasteiger partial charge is 0.271 e. The second-order valence-corrected chi connectivity index (χ2v) is 5.12. The molecule has 1 aromatic carbocycles. The fraction of sp³-hybridized carbons (Fsp3) is 0.200. The maximum absolute atomic E-state index is 12.1. The molecular weight excluding hydrogens is 327 g/mol. The molecule has 0 bridgehead atoms. The number of aromatic nitrogens is 1. The fourth-order valence-corrected chi connectivity index (χ4v) is 2.17. The van der Waals surface area contributed by atoms with Crippen LogP contribution in [0.3, 0.4) is 0 Å². The summed E-state index contributed by atoms with van der Waals surface area (Å²) in [6.45, 7) is 0.260. The van der Waals surface area contributed by atoms with Crippen LogP contribution in [-0.2, 0) is 6.54 Å². The highest BCUT2D eigenvalue weighted by atomic mass is 35.5. The van der Waals surface area contributed by atoms with Gasteiger partial charge in [0.25, 0.3) is 5.91 Å². The molecule has 0 atom stereocenters. The number of carbonyl (C=O) groups is 1. The van der Waals surface area contributed by atoms with E-state index in [1.165, 1.54) is 12.1 Å². The van der Waals surface area contributed by atoms with E-state index in [1.54, 1.807) is 26.4 Å². The number of methoxy groups -OCH3 is 2. The molecule has 7 heteroatoms. The zero-order valence-electron chi connectivity index (χ0n) is 12.0. The number of benzene rings is 1. The Morgan fingerprint density at radius 3 is 2.64 bits per heavy atom. The van der Waals surface area contributed by atoms with E-state index < -0.39 is 5.91 Å². The highest BCUT2D eigenvalue weighted by molar-refractivity contribution is 6.34. The van der Waals surface area contributed by atoms with E-state index in [0.717, 1.165) is 5.56 Å². The van der Waals surface area contributed by atoms with Crippen molar-refractivity contribution in [2.75, 3.05) is 14.2 Å². The van der Waals surface area contributed by atoms with Gasteiger partial charge in [-0.2, -0.15) is 0 Å². The summed E-state index contributed by atoms with van der Waals surface area (Å²) in [6, 6.07) is 8.39. The topological polar surface area (TPSA) is 60.5 Å². The number of rotatable bonds is 5. The molecule has 0 radical (unpaired) electrons. The van der Waals surface area contributed by atoms with Crippen molar-refractivity contribution in [2.24, 2.45) is 0 Å². The van der Waals surface area contributed by atoms with Crippen molar-refractivity contribution in [3.05, 3.63) is 51.8 Å². The molecule has 2 aromatic rings. The Kier molecular flexibility index (Phi) is 5.46. The average Bonchev–Trinajstić information content (AvgIpc) is 2.54. The third-order valence-electron chi connectivity index (χ3n) is 2.96. The monoisotopic (exact) mass is 340 g/mol. The summed E-state index contributed by atoms with van der Waals surface area (Å²) in [5, 5.41) is 3.17. The Morgan fingerprint density at radius 2 is 1.95 bits per heavy atom. The van der Waals surface area contributed by atoms with Crippen LogP contribution in [0.15, 0.2) is 30.3 Å². The molecule has 116 valence electrons. The Hall–Kier alpha value is -1.98. The van der Waals surface area contributed by atoms with Gasteiger partial charge in [-0.25, -0.2) is 4.98 Å². The van der Waals surface area contributed by atoms with E-state index >= 15 is 0 Å². The third-order valence-corrected chi connectivity index (χ3v) is 3.48. The third kappa shape index (κ3) is 3.81. The van der Waals surface area contributed by atoms with Gasteiger partial charge in [0.1, 0.15) is 22.3 Å². The number of amides is 1. The zero-order chi connectivity index (χ0) is 16.1. The first-order valence-electron chi connectivity index (χ1n) is 6.36. The van der Waals surface area contributed by atoms with Crippen molar-refractivity contribution in [1.29, 1.82) is 0 Å². The highest BCUT2D eigenvalue weighted by Crippen LogP contribution is 2.24. The van der Waals surface area contributed by atoms with E-state index in [0.29, 0.717) is 11.5 Å². The van der Waals surface area contributed by atoms with Crippen LogP contribution in [-0.4, -0.2) is 25.1 Å². The molecule has 1 N–H and O–H groups in total. The van der Waals surface area contributed by atoms with Crippen LogP contribution in [0.2, 0.25) is 10.2 Å². The molecule has 0 saturated carbocycles. The predicted molar refractivity (Wildman–Crippen MR) is 85.0 cm³/mol. The van der Waals surface area contributed by atoms with E-state index in [2.05, 4.69) is 10.3 Å². The van der Waals surface area contributed by atoms with Gasteiger partial charge < -0.3 is 14.8 Å². The van der Waals surface area contributed by atoms with Crippen LogP contribution >= 0.6 is 23.2 Å². The number of carbonyl (C=O) groups excluding carboxylic acids is 1. The van der Waals surface area contributed by atoms with Crippen molar-refractivity contribution < 1.29 is 14.3 Å². The number of hydrogen-bond donors (Lipinski definition) is 1. The first kappa shape index (κ1) is 16.4. The molecule has 1 amide bonds. The highest BCUT2D eigenvalue weighted by Gasteiger charge is 2.14. The van der Waals surface area contributed by atoms with Crippen molar-refractivity contribution in [3.63, 3.8) is 0 Å². The van der Waals surface area contributed by atoms with Gasteiger partial charge in [0.15, 0.2) is 0 Å². The Labute approximate surface area is 138 Å². The normalized spacial score (nSPS) is 10.2. The maximum Gasteiger partial charge on any atom is 0.271 e. The van der Waals surface area contributed by atoms with Crippen molar-refractivity contribution in [2.45, 2.75) is 6.54 Å². The molecule has 0 spiro atoms. The van der Waals surface area contributed by atoms with E-state index in [-0.39, 0.29) is 22.4 Å². The first-order valence-corrected chi connectivity index (χ1v) is 7.12. The molecule has 2 rings (SSSR count). The zero-order valence-corrected chi connectivity index (χ0v) is 13.5. The van der Waals surface area contributed by atoms with Crippen molar-refractivity contribution in [1.82, 2.24) is 10.3 Å². The van der Waals surface area contributed by atoms with Crippen LogP contribution in [0.5, 0.6) is 11.5 Å². The number of nitrogens with zero attached hydrogens (tertiary/aromatic N) is 1. The van der Waals surface area contributed by atoms with Crippen LogP contribution in [0.1, 0.15) is 16.1 Å². The van der Waals surface area contributed by atoms with Crippen molar-refractivity contribution >= 4 is 29.1 Å². The summed E-state index contributed by atoms with van der Waals surface area (Å²) in [7, 11) is 3.12. The molecule has 0 saturated heterocycles. The van der Waals surface area contributed by atoms with E-state index in [9.17, 15) is 4.79 Å². The van der Waals surface area contributed by atoms with Gasteiger partial charge in [0.05, 0.1) is 19.2 Å². The number of nitrogens with one attached hydrogen (secondary N) is 1. The van der Waals surface area contributed by atoms with Crippen LogP contribution in [0.4, 0.5) is 0 Å². The largest absolute Gasteiger partial charge is 0.497 e. The quantitative estimate of drug-likeness (QED) is 0.848. The molecule has 1 heterocycles. The number of hydrogen-bond acceptors (Lipinski definition) is 4. The molecule has 0 unspecified atom stereocenters. The first-order chi connectivity index (χ1) is 10.5. The van der Waals surface area contributed by atoms with E-state index in [4.69, 9.17) is 32.7 Å². The Morgan fingerprint density at radius 1 is 1.18 bits per heavy atom. The lowest BCUT2D eigenvalue weighted by atomic mass is 10.2. The van der Waals surface area contributed by atoms with Gasteiger partial charge in [0, 0.05) is 18.2 Å². The Balaban J connectivity index is 2.12. The molecule has 1 aromatic heterocycles. The molecule has 0 aliphatic carbocycles. The molecule has 5 nitrogen and oxygen atoms in total. The summed E-state index contributed by atoms with van der Waals surface area (Å²) in [5.74, 6) is 0.877. The fourth-order valence-electron chi connectivity index (χ4n) is 1.83. The number of halogens is 2. The molecule has 22 heavy (non-hydrogen) atoms. The summed E-state index contributed by atoms with van der Waals surface area (Å²) < 4.78 is 10.4. The molecule has 0 fully saturated rings. The SMILES string of the molecule is COc1ccc(CNC(=O)c2nc(Cl)ccc2Cl)c(OC)c1. The van der Waals surface area contributed by atoms with Gasteiger partial charge >= 0.3 is 0 Å². The summed E-state index contributed by atoms with van der Waals surface area (Å²) in [4.78, 5) is 16.1. The van der Waals surface area contributed by atoms with Gasteiger partial charge in [-0.15, -0.1) is 0 Å². The minimum Gasteiger partial charge on any atom is -0.497 e. The van der Waals surface area contributed by atoms with E-state index in [1.807, 2.05) is 6.07 Å². The Bertz CT molecular complexity index is 692. The second-order valence-electron chi connectivity index (χ2n) is 4.32. The molecule has 0 aliphatic rings. The van der Waals surface area contributed by atoms with Gasteiger partial charge in [-0.05, 0) is 24.3 Å². The van der Waals surface area contributed by atoms with Crippen LogP contribution < -0.4 is 14.8 Å². The molecule has 0 aliphatic heterocycles. The lowest BCUT2D eigenvalue weighted by Gasteiger charge is -2.11. The van der Waals surface area contributed by atoms with Gasteiger partial charge in [-0.1, -0.05) is 23.2 Å². The lowest BCUT2D eigenvalue weighted by Crippen LogP contribution is -2.24. The summed E-state index contributed by atoms with van der Waals surface area (Å²) in [6.07, 6.45) is 0. The van der Waals surface area contributed by atoms with Crippen LogP contribution in [0, 0.1) is 0 Å². The summed E-state index contributed by atoms with van der Waals surface area (Å²) >= 11 is 11.7. The second kappa shape index (κ2) is 7.33. The maximum atomic E-state index is 12.1.